The summed E-state index contributed by atoms with van der Waals surface area (Å²) >= 11 is 5.58. The lowest BCUT2D eigenvalue weighted by Gasteiger charge is -2.20. The molecule has 0 aliphatic rings. The van der Waals surface area contributed by atoms with Crippen molar-refractivity contribution in [1.29, 1.82) is 0 Å². The number of carbonyl (C=O) groups is 1. The van der Waals surface area contributed by atoms with Crippen molar-refractivity contribution in [2.24, 2.45) is 0 Å². The van der Waals surface area contributed by atoms with E-state index in [0.29, 0.717) is 6.61 Å². The molecule has 1 amide bonds. The molecular weight excluding hydrogens is 331 g/mol. The van der Waals surface area contributed by atoms with Gasteiger partial charge in [-0.25, -0.2) is 0 Å². The summed E-state index contributed by atoms with van der Waals surface area (Å²) in [5.74, 6) is -0.210. The van der Waals surface area contributed by atoms with Crippen molar-refractivity contribution in [2.75, 3.05) is 18.6 Å². The van der Waals surface area contributed by atoms with Gasteiger partial charge in [0, 0.05) is 12.7 Å². The SMILES string of the molecule is C=C/C(OCC)=C(\C)C(=O)N(C)c1ccc(Cl)c(C(F)(F)F)c1. The Balaban J connectivity index is 3.22. The highest BCUT2D eigenvalue weighted by Gasteiger charge is 2.34. The highest BCUT2D eigenvalue weighted by atomic mass is 35.5. The highest BCUT2D eigenvalue weighted by Crippen LogP contribution is 2.37. The third-order valence-corrected chi connectivity index (χ3v) is 3.45. The molecule has 1 aromatic rings. The fourth-order valence-corrected chi connectivity index (χ4v) is 2.11. The second-order valence-corrected chi connectivity index (χ2v) is 5.06. The first-order valence-corrected chi connectivity index (χ1v) is 7.12. The molecule has 0 aliphatic carbocycles. The molecule has 23 heavy (non-hydrogen) atoms. The zero-order valence-corrected chi connectivity index (χ0v) is 13.8. The number of halogens is 4. The number of alkyl halides is 3. The van der Waals surface area contributed by atoms with Gasteiger partial charge in [-0.1, -0.05) is 18.2 Å². The maximum Gasteiger partial charge on any atom is 0.417 e. The summed E-state index contributed by atoms with van der Waals surface area (Å²) in [5, 5.41) is -0.421. The van der Waals surface area contributed by atoms with Gasteiger partial charge in [0.05, 0.1) is 22.8 Å². The Morgan fingerprint density at radius 3 is 2.52 bits per heavy atom. The lowest BCUT2D eigenvalue weighted by molar-refractivity contribution is -0.137. The van der Waals surface area contributed by atoms with E-state index in [4.69, 9.17) is 16.3 Å². The molecule has 0 unspecified atom stereocenters. The van der Waals surface area contributed by atoms with E-state index in [-0.39, 0.29) is 17.0 Å². The van der Waals surface area contributed by atoms with E-state index >= 15 is 0 Å². The van der Waals surface area contributed by atoms with E-state index in [1.54, 1.807) is 6.92 Å². The summed E-state index contributed by atoms with van der Waals surface area (Å²) < 4.78 is 44.0. The van der Waals surface area contributed by atoms with Crippen LogP contribution in [0.5, 0.6) is 0 Å². The first-order valence-electron chi connectivity index (χ1n) is 6.74. The minimum Gasteiger partial charge on any atom is -0.493 e. The number of hydrogen-bond acceptors (Lipinski definition) is 2. The summed E-state index contributed by atoms with van der Waals surface area (Å²) in [6, 6.07) is 3.29. The van der Waals surface area contributed by atoms with Crippen LogP contribution >= 0.6 is 11.6 Å². The van der Waals surface area contributed by atoms with Crippen LogP contribution in [0.4, 0.5) is 18.9 Å². The Morgan fingerprint density at radius 2 is 2.04 bits per heavy atom. The number of anilines is 1. The maximum atomic E-state index is 12.9. The third kappa shape index (κ3) is 4.51. The first-order chi connectivity index (χ1) is 10.6. The van der Waals surface area contributed by atoms with Crippen molar-refractivity contribution in [3.05, 3.63) is 52.8 Å². The molecule has 7 heteroatoms. The highest BCUT2D eigenvalue weighted by molar-refractivity contribution is 6.31. The van der Waals surface area contributed by atoms with Gasteiger partial charge in [-0.15, -0.1) is 0 Å². The largest absolute Gasteiger partial charge is 0.493 e. The number of likely N-dealkylation sites (N-methyl/N-ethyl adjacent to an activating group) is 1. The number of rotatable bonds is 5. The van der Waals surface area contributed by atoms with Crippen molar-refractivity contribution < 1.29 is 22.7 Å². The number of hydrogen-bond donors (Lipinski definition) is 0. The predicted molar refractivity (Wildman–Crippen MR) is 84.4 cm³/mol. The standard InChI is InChI=1S/C16H17ClF3NO2/c1-5-14(23-6-2)10(3)15(22)21(4)11-7-8-13(17)12(9-11)16(18,19)20/h5,7-9H,1,6H2,2-4H3/b14-10-. The van der Waals surface area contributed by atoms with E-state index in [1.165, 1.54) is 26.1 Å². The monoisotopic (exact) mass is 347 g/mol. The van der Waals surface area contributed by atoms with Gasteiger partial charge >= 0.3 is 6.18 Å². The fraction of sp³-hybridized carbons (Fsp3) is 0.312. The van der Waals surface area contributed by atoms with Crippen LogP contribution in [0.3, 0.4) is 0 Å². The summed E-state index contributed by atoms with van der Waals surface area (Å²) in [5.41, 5.74) is -0.675. The van der Waals surface area contributed by atoms with Crippen LogP contribution in [-0.4, -0.2) is 19.6 Å². The fourth-order valence-electron chi connectivity index (χ4n) is 1.89. The maximum absolute atomic E-state index is 12.9. The molecule has 0 spiro atoms. The van der Waals surface area contributed by atoms with Crippen LogP contribution in [-0.2, 0) is 15.7 Å². The average molecular weight is 348 g/mol. The number of amides is 1. The molecule has 0 bridgehead atoms. The van der Waals surface area contributed by atoms with Gasteiger partial charge in [0.15, 0.2) is 0 Å². The lowest BCUT2D eigenvalue weighted by Crippen LogP contribution is -2.28. The van der Waals surface area contributed by atoms with Crippen molar-refractivity contribution in [3.8, 4) is 0 Å². The molecule has 0 aliphatic heterocycles. The van der Waals surface area contributed by atoms with E-state index in [0.717, 1.165) is 17.0 Å². The summed E-state index contributed by atoms with van der Waals surface area (Å²) in [4.78, 5) is 13.5. The van der Waals surface area contributed by atoms with E-state index < -0.39 is 22.7 Å². The summed E-state index contributed by atoms with van der Waals surface area (Å²) in [6.07, 6.45) is -3.22. The number of carbonyl (C=O) groups excluding carboxylic acids is 1. The van der Waals surface area contributed by atoms with Crippen molar-refractivity contribution in [1.82, 2.24) is 0 Å². The minimum atomic E-state index is -4.60. The normalized spacial score (nSPS) is 12.5. The Hall–Kier alpha value is -1.95. The van der Waals surface area contributed by atoms with Crippen LogP contribution < -0.4 is 4.90 Å². The van der Waals surface area contributed by atoms with Gasteiger partial charge in [0.2, 0.25) is 0 Å². The number of allylic oxidation sites excluding steroid dienone is 1. The van der Waals surface area contributed by atoms with Gasteiger partial charge in [0.25, 0.3) is 5.91 Å². The van der Waals surface area contributed by atoms with E-state index in [1.807, 2.05) is 0 Å². The number of nitrogens with zero attached hydrogens (tertiary/aromatic N) is 1. The van der Waals surface area contributed by atoms with Gasteiger partial charge in [0.1, 0.15) is 5.76 Å². The predicted octanol–water partition coefficient (Wildman–Crippen LogP) is 4.82. The molecular formula is C16H17ClF3NO2. The molecule has 0 radical (unpaired) electrons. The van der Waals surface area contributed by atoms with E-state index in [2.05, 4.69) is 6.58 Å². The number of ether oxygens (including phenoxy) is 1. The lowest BCUT2D eigenvalue weighted by atomic mass is 10.1. The minimum absolute atomic E-state index is 0.0750. The zero-order chi connectivity index (χ0) is 17.8. The molecule has 0 aromatic heterocycles. The van der Waals surface area contributed by atoms with Crippen LogP contribution in [0, 0.1) is 0 Å². The summed E-state index contributed by atoms with van der Waals surface area (Å²) in [6.45, 7) is 7.17. The Kier molecular flexibility index (Phi) is 6.27. The molecule has 1 aromatic carbocycles. The average Bonchev–Trinajstić information content (AvgIpc) is 2.49. The zero-order valence-electron chi connectivity index (χ0n) is 13.0. The molecule has 3 nitrogen and oxygen atoms in total. The molecule has 0 N–H and O–H groups in total. The smallest absolute Gasteiger partial charge is 0.417 e. The summed E-state index contributed by atoms with van der Waals surface area (Å²) in [7, 11) is 1.38. The van der Waals surface area contributed by atoms with Crippen LogP contribution in [0.15, 0.2) is 42.2 Å². The molecule has 126 valence electrons. The molecule has 0 fully saturated rings. The second-order valence-electron chi connectivity index (χ2n) is 4.65. The topological polar surface area (TPSA) is 29.5 Å². The Labute approximate surface area is 138 Å². The van der Waals surface area contributed by atoms with Crippen LogP contribution in [0.25, 0.3) is 0 Å². The molecule has 1 rings (SSSR count). The van der Waals surface area contributed by atoms with Crippen LogP contribution in [0.2, 0.25) is 5.02 Å². The number of benzene rings is 1. The van der Waals surface area contributed by atoms with Crippen molar-refractivity contribution in [3.63, 3.8) is 0 Å². The first kappa shape index (κ1) is 19.1. The van der Waals surface area contributed by atoms with Gasteiger partial charge < -0.3 is 9.64 Å². The third-order valence-electron chi connectivity index (χ3n) is 3.12. The van der Waals surface area contributed by atoms with Crippen molar-refractivity contribution in [2.45, 2.75) is 20.0 Å². The molecule has 0 saturated heterocycles. The quantitative estimate of drug-likeness (QED) is 0.434. The van der Waals surface area contributed by atoms with Gasteiger partial charge in [-0.3, -0.25) is 4.79 Å². The molecule has 0 heterocycles. The van der Waals surface area contributed by atoms with Gasteiger partial charge in [-0.05, 0) is 38.1 Å². The van der Waals surface area contributed by atoms with Crippen LogP contribution in [0.1, 0.15) is 19.4 Å². The molecule has 0 saturated carbocycles. The second kappa shape index (κ2) is 7.55. The van der Waals surface area contributed by atoms with E-state index in [9.17, 15) is 18.0 Å². The Morgan fingerprint density at radius 1 is 1.43 bits per heavy atom. The molecule has 0 atom stereocenters. The van der Waals surface area contributed by atoms with Gasteiger partial charge in [-0.2, -0.15) is 13.2 Å². The Bertz CT molecular complexity index is 639. The van der Waals surface area contributed by atoms with Crippen molar-refractivity contribution >= 4 is 23.2 Å².